The number of imide groups is 1. The van der Waals surface area contributed by atoms with Gasteiger partial charge >= 0.3 is 0 Å². The van der Waals surface area contributed by atoms with Gasteiger partial charge in [0.05, 0.1) is 5.56 Å². The summed E-state index contributed by atoms with van der Waals surface area (Å²) in [7, 11) is 3.75. The maximum Gasteiger partial charge on any atom is 0.255 e. The van der Waals surface area contributed by atoms with Crippen LogP contribution < -0.4 is 16.0 Å². The zero-order valence-corrected chi connectivity index (χ0v) is 17.9. The molecule has 2 aliphatic heterocycles. The largest absolute Gasteiger partial charge is 0.381 e. The van der Waals surface area contributed by atoms with E-state index < -0.39 is 17.8 Å². The van der Waals surface area contributed by atoms with Crippen LogP contribution in [0.3, 0.4) is 0 Å². The minimum absolute atomic E-state index is 0.0122. The average Bonchev–Trinajstić information content (AvgIpc) is 3.10. The lowest BCUT2D eigenvalue weighted by atomic mass is 10.0. The summed E-state index contributed by atoms with van der Waals surface area (Å²) < 4.78 is 14.3. The van der Waals surface area contributed by atoms with Gasteiger partial charge in [-0.1, -0.05) is 18.2 Å². The van der Waals surface area contributed by atoms with Crippen LogP contribution in [-0.4, -0.2) is 49.0 Å². The molecule has 0 aliphatic carbocycles. The summed E-state index contributed by atoms with van der Waals surface area (Å²) in [4.78, 5) is 48.8. The molecule has 1 unspecified atom stereocenters. The fourth-order valence-electron chi connectivity index (χ4n) is 3.77. The van der Waals surface area contributed by atoms with Crippen LogP contribution in [0.4, 0.5) is 10.1 Å². The molecular weight excluding hydrogens is 415 g/mol. The number of hydrogen-bond acceptors (Lipinski definition) is 6. The Morgan fingerprint density at radius 2 is 1.88 bits per heavy atom. The Morgan fingerprint density at radius 1 is 1.16 bits per heavy atom. The third-order valence-electron chi connectivity index (χ3n) is 5.29. The number of anilines is 1. The van der Waals surface area contributed by atoms with Crippen LogP contribution in [0.5, 0.6) is 0 Å². The lowest BCUT2D eigenvalue weighted by molar-refractivity contribution is -0.136. The number of benzene rings is 2. The van der Waals surface area contributed by atoms with Crippen molar-refractivity contribution in [3.63, 3.8) is 0 Å². The second-order valence-electron chi connectivity index (χ2n) is 7.52. The maximum absolute atomic E-state index is 14.3. The molecule has 2 aromatic carbocycles. The number of rotatable bonds is 5. The minimum Gasteiger partial charge on any atom is -0.381 e. The molecule has 0 spiro atoms. The van der Waals surface area contributed by atoms with Gasteiger partial charge in [-0.05, 0) is 38.7 Å². The predicted molar refractivity (Wildman–Crippen MR) is 117 cm³/mol. The van der Waals surface area contributed by atoms with Crippen molar-refractivity contribution in [2.75, 3.05) is 19.4 Å². The van der Waals surface area contributed by atoms with Gasteiger partial charge < -0.3 is 15.5 Å². The van der Waals surface area contributed by atoms with Crippen LogP contribution in [-0.2, 0) is 22.7 Å². The number of halogens is 1. The van der Waals surface area contributed by atoms with E-state index in [1.807, 2.05) is 14.1 Å². The van der Waals surface area contributed by atoms with Crippen LogP contribution in [0.2, 0.25) is 0 Å². The van der Waals surface area contributed by atoms with E-state index in [0.717, 1.165) is 0 Å². The topological polar surface area (TPSA) is 108 Å². The number of nitrogens with zero attached hydrogens (tertiary/aromatic N) is 1. The van der Waals surface area contributed by atoms with Gasteiger partial charge in [-0.3, -0.25) is 24.5 Å². The summed E-state index contributed by atoms with van der Waals surface area (Å²) >= 11 is 0. The molecule has 0 bridgehead atoms. The average molecular weight is 440 g/mol. The quantitative estimate of drug-likeness (QED) is 0.484. The summed E-state index contributed by atoms with van der Waals surface area (Å²) in [6.45, 7) is 0.358. The van der Waals surface area contributed by atoms with Crippen molar-refractivity contribution in [1.82, 2.24) is 15.5 Å². The Kier molecular flexibility index (Phi) is 7.32. The predicted octanol–water partition coefficient (Wildman–Crippen LogP) is 1.85. The highest BCUT2D eigenvalue weighted by atomic mass is 19.1. The fourth-order valence-corrected chi connectivity index (χ4v) is 3.77. The van der Waals surface area contributed by atoms with Crippen molar-refractivity contribution in [3.05, 3.63) is 64.5 Å². The highest BCUT2D eigenvalue weighted by molar-refractivity contribution is 6.06. The summed E-state index contributed by atoms with van der Waals surface area (Å²) in [5.74, 6) is -1.65. The van der Waals surface area contributed by atoms with Gasteiger partial charge in [0.15, 0.2) is 6.29 Å². The van der Waals surface area contributed by atoms with E-state index in [9.17, 15) is 23.6 Å². The van der Waals surface area contributed by atoms with Crippen molar-refractivity contribution in [1.29, 1.82) is 0 Å². The monoisotopic (exact) mass is 440 g/mol. The molecular formula is C23H25FN4O4. The van der Waals surface area contributed by atoms with E-state index in [1.165, 1.54) is 11.0 Å². The van der Waals surface area contributed by atoms with E-state index in [2.05, 4.69) is 16.0 Å². The Labute approximate surface area is 185 Å². The van der Waals surface area contributed by atoms with Crippen molar-refractivity contribution < 1.29 is 23.6 Å². The Balaban J connectivity index is 0.000000913. The molecule has 3 N–H and O–H groups in total. The van der Waals surface area contributed by atoms with Crippen molar-refractivity contribution in [3.8, 4) is 0 Å². The van der Waals surface area contributed by atoms with Crippen molar-refractivity contribution in [2.45, 2.75) is 32.0 Å². The third kappa shape index (κ3) is 4.67. The number of hydrogen-bond donors (Lipinski definition) is 3. The van der Waals surface area contributed by atoms with E-state index in [1.54, 1.807) is 30.3 Å². The number of nitrogens with one attached hydrogen (secondary N) is 3. The second-order valence-corrected chi connectivity index (χ2v) is 7.52. The molecule has 0 saturated carbocycles. The number of amides is 3. The molecule has 1 saturated heterocycles. The Hall–Kier alpha value is -3.59. The zero-order valence-electron chi connectivity index (χ0n) is 17.9. The molecule has 2 aliphatic rings. The van der Waals surface area contributed by atoms with Gasteiger partial charge in [0.1, 0.15) is 11.9 Å². The van der Waals surface area contributed by atoms with Gasteiger partial charge in [-0.2, -0.15) is 0 Å². The normalized spacial score (nSPS) is 17.3. The smallest absolute Gasteiger partial charge is 0.255 e. The molecule has 9 heteroatoms. The van der Waals surface area contributed by atoms with Crippen LogP contribution >= 0.6 is 0 Å². The number of carbonyl (C=O) groups is 4. The molecule has 2 heterocycles. The lowest BCUT2D eigenvalue weighted by Gasteiger charge is -2.29. The molecule has 0 radical (unpaired) electrons. The minimum atomic E-state index is -0.692. The lowest BCUT2D eigenvalue weighted by Crippen LogP contribution is -2.52. The molecule has 168 valence electrons. The first kappa shape index (κ1) is 23.1. The summed E-state index contributed by atoms with van der Waals surface area (Å²) in [5, 5.41) is 8.15. The molecule has 1 fully saturated rings. The highest BCUT2D eigenvalue weighted by Gasteiger charge is 2.39. The standard InChI is InChI=1S/C21H18FN3O4.C2H7N/c22-19-12(3-1-4-13(19)11-26)9-23-16-6-2-5-14-15(16)10-25(21(14)29)17-7-8-18(27)24-20(17)28;1-3-2/h1-6,11,17,23H,7-10H2,(H,24,27,28);3H,1-2H3. The molecule has 2 aromatic rings. The fraction of sp³-hybridized carbons (Fsp3) is 0.304. The first-order valence-electron chi connectivity index (χ1n) is 10.2. The number of fused-ring (bicyclic) bond motifs is 1. The Bertz CT molecular complexity index is 1060. The summed E-state index contributed by atoms with van der Waals surface area (Å²) in [6, 6.07) is 9.08. The van der Waals surface area contributed by atoms with Crippen LogP contribution in [0.15, 0.2) is 36.4 Å². The highest BCUT2D eigenvalue weighted by Crippen LogP contribution is 2.32. The van der Waals surface area contributed by atoms with Crippen LogP contribution in [0.1, 0.15) is 44.7 Å². The van der Waals surface area contributed by atoms with Crippen molar-refractivity contribution in [2.24, 2.45) is 0 Å². The van der Waals surface area contributed by atoms with Gasteiger partial charge in [0, 0.05) is 41.9 Å². The first-order chi connectivity index (χ1) is 15.4. The molecule has 32 heavy (non-hydrogen) atoms. The van der Waals surface area contributed by atoms with Crippen LogP contribution in [0.25, 0.3) is 0 Å². The molecule has 8 nitrogen and oxygen atoms in total. The van der Waals surface area contributed by atoms with Gasteiger partial charge in [0.25, 0.3) is 5.91 Å². The summed E-state index contributed by atoms with van der Waals surface area (Å²) in [5.41, 5.74) is 2.16. The van der Waals surface area contributed by atoms with Crippen LogP contribution in [0, 0.1) is 5.82 Å². The third-order valence-corrected chi connectivity index (χ3v) is 5.29. The molecule has 4 rings (SSSR count). The SMILES string of the molecule is CNC.O=Cc1cccc(CNc2cccc3c2CN(C2CCC(=O)NC2=O)C3=O)c1F. The molecule has 1 atom stereocenters. The first-order valence-corrected chi connectivity index (χ1v) is 10.2. The Morgan fingerprint density at radius 3 is 2.56 bits per heavy atom. The maximum atomic E-state index is 14.3. The summed E-state index contributed by atoms with van der Waals surface area (Å²) in [6.07, 6.45) is 0.945. The molecule has 0 aromatic heterocycles. The molecule has 3 amide bonds. The van der Waals surface area contributed by atoms with E-state index in [0.29, 0.717) is 28.7 Å². The number of aldehydes is 1. The van der Waals surface area contributed by atoms with Crippen molar-refractivity contribution >= 4 is 29.7 Å². The van der Waals surface area contributed by atoms with Gasteiger partial charge in [0.2, 0.25) is 11.8 Å². The van der Waals surface area contributed by atoms with E-state index in [-0.39, 0.29) is 43.3 Å². The zero-order chi connectivity index (χ0) is 23.3. The second kappa shape index (κ2) is 10.1. The van der Waals surface area contributed by atoms with Gasteiger partial charge in [-0.25, -0.2) is 4.39 Å². The van der Waals surface area contributed by atoms with Gasteiger partial charge in [-0.15, -0.1) is 0 Å². The van der Waals surface area contributed by atoms with E-state index >= 15 is 0 Å². The van der Waals surface area contributed by atoms with E-state index in [4.69, 9.17) is 0 Å². The number of carbonyl (C=O) groups excluding carboxylic acids is 4. The number of piperidine rings is 1.